The molecule has 0 aliphatic carbocycles. The Hall–Kier alpha value is -1.35. The van der Waals surface area contributed by atoms with Crippen LogP contribution in [0.5, 0.6) is 0 Å². The number of nitrogens with zero attached hydrogens (tertiary/aromatic N) is 2. The molecular formula is C18H26ClN3. The minimum atomic E-state index is 0.303. The molecule has 1 aromatic carbocycles. The third-order valence-corrected chi connectivity index (χ3v) is 4.07. The first kappa shape index (κ1) is 17.0. The lowest BCUT2D eigenvalue weighted by Gasteiger charge is -2.09. The molecule has 2 aromatic rings. The Bertz CT molecular complexity index is 571. The molecule has 3 nitrogen and oxygen atoms in total. The number of unbranched alkanes of at least 4 members (excludes halogenated alkanes) is 7. The van der Waals surface area contributed by atoms with Gasteiger partial charge in [-0.1, -0.05) is 64.0 Å². The van der Waals surface area contributed by atoms with Crippen molar-refractivity contribution in [2.24, 2.45) is 0 Å². The fraction of sp³-hybridized carbons (Fsp3) is 0.556. The SMILES string of the molecule is CCCCCCCCCCNc1nc(Cl)nc2ccccc12. The van der Waals surface area contributed by atoms with Gasteiger partial charge in [-0.3, -0.25) is 0 Å². The Morgan fingerprint density at radius 3 is 2.36 bits per heavy atom. The van der Waals surface area contributed by atoms with Crippen LogP contribution >= 0.6 is 11.6 Å². The zero-order valence-corrected chi connectivity index (χ0v) is 14.2. The zero-order chi connectivity index (χ0) is 15.6. The van der Waals surface area contributed by atoms with Crippen LogP contribution in [0.2, 0.25) is 5.28 Å². The van der Waals surface area contributed by atoms with E-state index in [1.807, 2.05) is 24.3 Å². The largest absolute Gasteiger partial charge is 0.369 e. The van der Waals surface area contributed by atoms with E-state index in [4.69, 9.17) is 11.6 Å². The van der Waals surface area contributed by atoms with E-state index in [0.717, 1.165) is 23.3 Å². The fourth-order valence-electron chi connectivity index (χ4n) is 2.65. The van der Waals surface area contributed by atoms with Crippen molar-refractivity contribution in [3.8, 4) is 0 Å². The zero-order valence-electron chi connectivity index (χ0n) is 13.4. The molecule has 0 aliphatic rings. The van der Waals surface area contributed by atoms with Crippen LogP contribution in [0.15, 0.2) is 24.3 Å². The number of hydrogen-bond acceptors (Lipinski definition) is 3. The smallest absolute Gasteiger partial charge is 0.224 e. The summed E-state index contributed by atoms with van der Waals surface area (Å²) >= 11 is 5.98. The maximum Gasteiger partial charge on any atom is 0.224 e. The number of fused-ring (bicyclic) bond motifs is 1. The van der Waals surface area contributed by atoms with Gasteiger partial charge in [-0.2, -0.15) is 0 Å². The molecule has 0 saturated heterocycles. The maximum absolute atomic E-state index is 5.98. The Labute approximate surface area is 138 Å². The van der Waals surface area contributed by atoms with Gasteiger partial charge in [0, 0.05) is 11.9 Å². The van der Waals surface area contributed by atoms with Crippen LogP contribution in [0.1, 0.15) is 58.3 Å². The van der Waals surface area contributed by atoms with E-state index in [1.165, 1.54) is 51.4 Å². The third-order valence-electron chi connectivity index (χ3n) is 3.90. The predicted molar refractivity (Wildman–Crippen MR) is 95.6 cm³/mol. The molecule has 1 heterocycles. The second kappa shape index (κ2) is 9.62. The summed E-state index contributed by atoms with van der Waals surface area (Å²) in [6, 6.07) is 7.96. The molecule has 22 heavy (non-hydrogen) atoms. The van der Waals surface area contributed by atoms with E-state index in [0.29, 0.717) is 5.28 Å². The molecule has 0 aliphatic heterocycles. The average Bonchev–Trinajstić information content (AvgIpc) is 2.53. The molecule has 0 spiro atoms. The van der Waals surface area contributed by atoms with Crippen LogP contribution in [0.3, 0.4) is 0 Å². The molecule has 0 saturated carbocycles. The van der Waals surface area contributed by atoms with Crippen molar-refractivity contribution in [1.82, 2.24) is 9.97 Å². The molecule has 1 N–H and O–H groups in total. The summed E-state index contributed by atoms with van der Waals surface area (Å²) < 4.78 is 0. The van der Waals surface area contributed by atoms with Crippen LogP contribution in [0.4, 0.5) is 5.82 Å². The van der Waals surface area contributed by atoms with Gasteiger partial charge in [0.25, 0.3) is 0 Å². The van der Waals surface area contributed by atoms with Gasteiger partial charge in [0.2, 0.25) is 5.28 Å². The Morgan fingerprint density at radius 2 is 1.59 bits per heavy atom. The van der Waals surface area contributed by atoms with E-state index >= 15 is 0 Å². The molecule has 2 rings (SSSR count). The van der Waals surface area contributed by atoms with Gasteiger partial charge in [-0.15, -0.1) is 0 Å². The topological polar surface area (TPSA) is 37.8 Å². The van der Waals surface area contributed by atoms with Gasteiger partial charge in [-0.05, 0) is 30.2 Å². The molecule has 0 amide bonds. The number of anilines is 1. The first-order chi connectivity index (χ1) is 10.8. The molecule has 0 radical (unpaired) electrons. The van der Waals surface area contributed by atoms with Crippen LogP contribution in [-0.2, 0) is 0 Å². The Morgan fingerprint density at radius 1 is 0.909 bits per heavy atom. The predicted octanol–water partition coefficient (Wildman–Crippen LogP) is 5.84. The molecule has 0 bridgehead atoms. The van der Waals surface area contributed by atoms with E-state index in [-0.39, 0.29) is 0 Å². The Balaban J connectivity index is 1.71. The van der Waals surface area contributed by atoms with Gasteiger partial charge in [0.15, 0.2) is 0 Å². The number of aromatic nitrogens is 2. The second-order valence-electron chi connectivity index (χ2n) is 5.76. The molecule has 4 heteroatoms. The van der Waals surface area contributed by atoms with E-state index < -0.39 is 0 Å². The number of halogens is 1. The monoisotopic (exact) mass is 319 g/mol. The number of para-hydroxylation sites is 1. The van der Waals surface area contributed by atoms with Crippen LogP contribution < -0.4 is 5.32 Å². The first-order valence-electron chi connectivity index (χ1n) is 8.47. The summed E-state index contributed by atoms with van der Waals surface area (Å²) in [4.78, 5) is 8.56. The lowest BCUT2D eigenvalue weighted by molar-refractivity contribution is 0.581. The van der Waals surface area contributed by atoms with Gasteiger partial charge in [-0.25, -0.2) is 9.97 Å². The Kier molecular flexibility index (Phi) is 7.44. The lowest BCUT2D eigenvalue weighted by Crippen LogP contribution is -2.05. The van der Waals surface area contributed by atoms with E-state index in [1.54, 1.807) is 0 Å². The quantitative estimate of drug-likeness (QED) is 0.442. The lowest BCUT2D eigenvalue weighted by atomic mass is 10.1. The number of nitrogens with one attached hydrogen (secondary N) is 1. The average molecular weight is 320 g/mol. The standard InChI is InChI=1S/C18H26ClN3/c1-2-3-4-5-6-7-8-11-14-20-17-15-12-9-10-13-16(15)21-18(19)22-17/h9-10,12-13H,2-8,11,14H2,1H3,(H,20,21,22). The summed E-state index contributed by atoms with van der Waals surface area (Å²) in [5.41, 5.74) is 0.890. The summed E-state index contributed by atoms with van der Waals surface area (Å²) in [5, 5.41) is 4.74. The number of rotatable bonds is 10. The third kappa shape index (κ3) is 5.45. The first-order valence-corrected chi connectivity index (χ1v) is 8.85. The molecule has 120 valence electrons. The van der Waals surface area contributed by atoms with Gasteiger partial charge in [0.05, 0.1) is 5.52 Å². The second-order valence-corrected chi connectivity index (χ2v) is 6.10. The van der Waals surface area contributed by atoms with Crippen molar-refractivity contribution in [3.63, 3.8) is 0 Å². The highest BCUT2D eigenvalue weighted by molar-refractivity contribution is 6.28. The van der Waals surface area contributed by atoms with Crippen molar-refractivity contribution < 1.29 is 0 Å². The van der Waals surface area contributed by atoms with Crippen molar-refractivity contribution in [3.05, 3.63) is 29.5 Å². The van der Waals surface area contributed by atoms with E-state index in [9.17, 15) is 0 Å². The summed E-state index contributed by atoms with van der Waals surface area (Å²) in [5.74, 6) is 0.846. The highest BCUT2D eigenvalue weighted by Crippen LogP contribution is 2.21. The minimum absolute atomic E-state index is 0.303. The van der Waals surface area contributed by atoms with Crippen molar-refractivity contribution in [2.75, 3.05) is 11.9 Å². The van der Waals surface area contributed by atoms with Crippen molar-refractivity contribution >= 4 is 28.3 Å². The molecular weight excluding hydrogens is 294 g/mol. The highest BCUT2D eigenvalue weighted by atomic mass is 35.5. The normalized spacial score (nSPS) is 11.0. The highest BCUT2D eigenvalue weighted by Gasteiger charge is 2.05. The molecule has 0 atom stereocenters. The van der Waals surface area contributed by atoms with Gasteiger partial charge in [0.1, 0.15) is 5.82 Å². The van der Waals surface area contributed by atoms with Crippen LogP contribution in [-0.4, -0.2) is 16.5 Å². The number of hydrogen-bond donors (Lipinski definition) is 1. The summed E-state index contributed by atoms with van der Waals surface area (Å²) in [7, 11) is 0. The van der Waals surface area contributed by atoms with Crippen molar-refractivity contribution in [1.29, 1.82) is 0 Å². The molecule has 1 aromatic heterocycles. The van der Waals surface area contributed by atoms with Gasteiger partial charge < -0.3 is 5.32 Å². The summed E-state index contributed by atoms with van der Waals surface area (Å²) in [6.45, 7) is 3.20. The van der Waals surface area contributed by atoms with Crippen LogP contribution in [0.25, 0.3) is 10.9 Å². The fourth-order valence-corrected chi connectivity index (χ4v) is 2.82. The minimum Gasteiger partial charge on any atom is -0.369 e. The molecule has 0 unspecified atom stereocenters. The molecule has 0 fully saturated rings. The maximum atomic E-state index is 5.98. The van der Waals surface area contributed by atoms with Gasteiger partial charge >= 0.3 is 0 Å². The summed E-state index contributed by atoms with van der Waals surface area (Å²) in [6.07, 6.45) is 10.6. The number of benzene rings is 1. The van der Waals surface area contributed by atoms with Crippen LogP contribution in [0, 0.1) is 0 Å². The van der Waals surface area contributed by atoms with Crippen molar-refractivity contribution in [2.45, 2.75) is 58.3 Å². The van der Waals surface area contributed by atoms with E-state index in [2.05, 4.69) is 22.2 Å².